The minimum Gasteiger partial charge on any atom is -0.487 e. The number of halogens is 1. The summed E-state index contributed by atoms with van der Waals surface area (Å²) in [6, 6.07) is 20.5. The van der Waals surface area contributed by atoms with Crippen molar-refractivity contribution in [2.75, 3.05) is 11.9 Å². The molecule has 0 radical (unpaired) electrons. The Kier molecular flexibility index (Phi) is 10.6. The normalized spacial score (nSPS) is 13.3. The van der Waals surface area contributed by atoms with Crippen molar-refractivity contribution in [3.63, 3.8) is 0 Å². The van der Waals surface area contributed by atoms with E-state index < -0.39 is 38.8 Å². The van der Waals surface area contributed by atoms with E-state index in [1.54, 1.807) is 52.0 Å². The standard InChI is InChI=1S/C37H41ClN6O7S/c1-23-26-18-28(39-21-29(26)44(43-23)52(48,49)25-16-12-9-13-17-25)27-19-30(32(40-31(27)38)41-34(47)51-36(5,6)7)50-22-37(35(2,3)4,42-33(45)46)20-24-14-10-8-11-15-24/h8-19,21,42H,20,22H2,1-7H3,(H,45,46)(H,40,41,47)/t37-/m1/s1. The number of nitrogens with zero attached hydrogens (tertiary/aromatic N) is 4. The summed E-state index contributed by atoms with van der Waals surface area (Å²) in [4.78, 5) is 34.2. The number of fused-ring (bicyclic) bond motifs is 1. The highest BCUT2D eigenvalue weighted by molar-refractivity contribution is 7.90. The van der Waals surface area contributed by atoms with Gasteiger partial charge in [-0.25, -0.2) is 14.6 Å². The van der Waals surface area contributed by atoms with Crippen LogP contribution < -0.4 is 15.4 Å². The molecule has 15 heteroatoms. The van der Waals surface area contributed by atoms with Crippen LogP contribution in [-0.4, -0.2) is 62.6 Å². The maximum Gasteiger partial charge on any atom is 0.413 e. The fourth-order valence-corrected chi connectivity index (χ4v) is 7.13. The molecule has 2 aromatic carbocycles. The molecule has 0 spiro atoms. The highest BCUT2D eigenvalue weighted by Gasteiger charge is 2.45. The summed E-state index contributed by atoms with van der Waals surface area (Å²) in [5, 5.41) is 20.1. The molecule has 0 saturated heterocycles. The van der Waals surface area contributed by atoms with E-state index in [4.69, 9.17) is 21.1 Å². The van der Waals surface area contributed by atoms with Crippen molar-refractivity contribution in [1.82, 2.24) is 24.5 Å². The molecule has 0 fully saturated rings. The topological polar surface area (TPSA) is 175 Å². The summed E-state index contributed by atoms with van der Waals surface area (Å²) >= 11 is 6.73. The Morgan fingerprint density at radius 3 is 2.19 bits per heavy atom. The van der Waals surface area contributed by atoms with E-state index in [0.717, 1.165) is 9.65 Å². The van der Waals surface area contributed by atoms with Gasteiger partial charge in [0.05, 0.1) is 28.0 Å². The van der Waals surface area contributed by atoms with Crippen LogP contribution in [0, 0.1) is 12.3 Å². The van der Waals surface area contributed by atoms with Gasteiger partial charge in [0.15, 0.2) is 11.6 Å². The summed E-state index contributed by atoms with van der Waals surface area (Å²) in [7, 11) is -4.02. The fraction of sp³-hybridized carbons (Fsp3) is 0.324. The molecule has 0 aliphatic rings. The van der Waals surface area contributed by atoms with Crippen molar-refractivity contribution in [3.8, 4) is 17.0 Å². The molecule has 3 N–H and O–H groups in total. The Hall–Kier alpha value is -5.21. The predicted molar refractivity (Wildman–Crippen MR) is 198 cm³/mol. The highest BCUT2D eigenvalue weighted by Crippen LogP contribution is 2.39. The van der Waals surface area contributed by atoms with Crippen LogP contribution in [0.1, 0.15) is 52.8 Å². The molecule has 5 rings (SSSR count). The number of benzene rings is 2. The summed E-state index contributed by atoms with van der Waals surface area (Å²) in [6.45, 7) is 12.3. The number of ether oxygens (including phenoxy) is 2. The molecular formula is C37H41ClN6O7S. The number of hydrogen-bond donors (Lipinski definition) is 3. The number of amides is 2. The third-order valence-corrected chi connectivity index (χ3v) is 10.3. The Morgan fingerprint density at radius 2 is 1.60 bits per heavy atom. The lowest BCUT2D eigenvalue weighted by Gasteiger charge is -2.44. The smallest absolute Gasteiger partial charge is 0.413 e. The average Bonchev–Trinajstić information content (AvgIpc) is 3.39. The number of pyridine rings is 2. The maximum absolute atomic E-state index is 13.5. The highest BCUT2D eigenvalue weighted by atomic mass is 35.5. The summed E-state index contributed by atoms with van der Waals surface area (Å²) in [6.07, 6.45) is -0.388. The quantitative estimate of drug-likeness (QED) is 0.120. The second-order valence-electron chi connectivity index (χ2n) is 14.3. The number of hydrogen-bond acceptors (Lipinski definition) is 9. The number of carbonyl (C=O) groups is 2. The Labute approximate surface area is 307 Å². The lowest BCUT2D eigenvalue weighted by molar-refractivity contribution is 0.0629. The molecule has 5 aromatic rings. The first-order valence-corrected chi connectivity index (χ1v) is 18.2. The van der Waals surface area contributed by atoms with E-state index in [-0.39, 0.29) is 40.2 Å². The number of rotatable bonds is 10. The second-order valence-corrected chi connectivity index (χ2v) is 16.5. The molecule has 3 heterocycles. The van der Waals surface area contributed by atoms with Gasteiger partial charge in [-0.2, -0.15) is 17.6 Å². The molecule has 0 saturated carbocycles. The van der Waals surface area contributed by atoms with E-state index >= 15 is 0 Å². The Bertz CT molecular complexity index is 2220. The van der Waals surface area contributed by atoms with Crippen LogP contribution in [0.4, 0.5) is 15.4 Å². The Balaban J connectivity index is 1.60. The van der Waals surface area contributed by atoms with E-state index in [1.165, 1.54) is 24.4 Å². The van der Waals surface area contributed by atoms with Gasteiger partial charge in [0, 0.05) is 10.9 Å². The molecule has 0 aliphatic carbocycles. The Morgan fingerprint density at radius 1 is 0.962 bits per heavy atom. The van der Waals surface area contributed by atoms with Gasteiger partial charge in [0.1, 0.15) is 22.9 Å². The van der Waals surface area contributed by atoms with Crippen LogP contribution in [0.5, 0.6) is 5.75 Å². The molecule has 52 heavy (non-hydrogen) atoms. The minimum absolute atomic E-state index is 0.0535. The molecule has 2 amide bonds. The number of carbonyl (C=O) groups excluding carboxylic acids is 1. The first-order valence-electron chi connectivity index (χ1n) is 16.3. The number of nitrogens with one attached hydrogen (secondary N) is 2. The van der Waals surface area contributed by atoms with Crippen LogP contribution in [-0.2, 0) is 21.2 Å². The molecule has 0 bridgehead atoms. The van der Waals surface area contributed by atoms with Gasteiger partial charge in [-0.15, -0.1) is 0 Å². The zero-order valence-corrected chi connectivity index (χ0v) is 31.5. The number of aryl methyl sites for hydroxylation is 1. The number of anilines is 1. The molecule has 274 valence electrons. The second kappa shape index (κ2) is 14.4. The maximum atomic E-state index is 13.5. The van der Waals surface area contributed by atoms with Crippen molar-refractivity contribution in [2.24, 2.45) is 5.41 Å². The summed E-state index contributed by atoms with van der Waals surface area (Å²) < 4.78 is 39.8. The van der Waals surface area contributed by atoms with E-state index in [0.29, 0.717) is 22.3 Å². The third kappa shape index (κ3) is 8.29. The molecule has 3 aromatic heterocycles. The molecule has 0 unspecified atom stereocenters. The largest absolute Gasteiger partial charge is 0.487 e. The van der Waals surface area contributed by atoms with Gasteiger partial charge >= 0.3 is 12.2 Å². The lowest BCUT2D eigenvalue weighted by atomic mass is 9.70. The zero-order chi connectivity index (χ0) is 38.1. The first kappa shape index (κ1) is 38.0. The van der Waals surface area contributed by atoms with Crippen LogP contribution >= 0.6 is 11.6 Å². The fourth-order valence-electron chi connectivity index (χ4n) is 5.56. The van der Waals surface area contributed by atoms with Gasteiger partial charge in [-0.3, -0.25) is 10.3 Å². The molecule has 0 aliphatic heterocycles. The van der Waals surface area contributed by atoms with Gasteiger partial charge in [0.2, 0.25) is 0 Å². The van der Waals surface area contributed by atoms with Crippen LogP contribution in [0.15, 0.2) is 83.9 Å². The molecule has 1 atom stereocenters. The summed E-state index contributed by atoms with van der Waals surface area (Å²) in [5.74, 6) is -0.0139. The molecular weight excluding hydrogens is 708 g/mol. The van der Waals surface area contributed by atoms with Crippen LogP contribution in [0.25, 0.3) is 22.2 Å². The van der Waals surface area contributed by atoms with E-state index in [2.05, 4.69) is 25.7 Å². The summed E-state index contributed by atoms with van der Waals surface area (Å²) in [5.41, 5.74) is -0.507. The SMILES string of the molecule is Cc1nn(S(=O)(=O)c2ccccc2)c2cnc(-c3cc(OC[C@@](Cc4ccccc4)(NC(=O)O)C(C)(C)C)c(NC(=O)OC(C)(C)C)nc3Cl)cc12. The van der Waals surface area contributed by atoms with Crippen molar-refractivity contribution in [2.45, 2.75) is 70.9 Å². The number of aromatic nitrogens is 4. The predicted octanol–water partition coefficient (Wildman–Crippen LogP) is 7.71. The average molecular weight is 749 g/mol. The zero-order valence-electron chi connectivity index (χ0n) is 29.9. The van der Waals surface area contributed by atoms with Crippen LogP contribution in [0.2, 0.25) is 5.15 Å². The van der Waals surface area contributed by atoms with Crippen molar-refractivity contribution in [3.05, 3.63) is 95.4 Å². The van der Waals surface area contributed by atoms with Crippen LogP contribution in [0.3, 0.4) is 0 Å². The van der Waals surface area contributed by atoms with Gasteiger partial charge in [0.25, 0.3) is 10.0 Å². The van der Waals surface area contributed by atoms with E-state index in [9.17, 15) is 23.1 Å². The van der Waals surface area contributed by atoms with Gasteiger partial charge in [-0.1, -0.05) is 80.9 Å². The monoisotopic (exact) mass is 748 g/mol. The van der Waals surface area contributed by atoms with Crippen molar-refractivity contribution in [1.29, 1.82) is 0 Å². The van der Waals surface area contributed by atoms with Gasteiger partial charge in [-0.05, 0) is 69.4 Å². The molecule has 13 nitrogen and oxygen atoms in total. The van der Waals surface area contributed by atoms with Crippen molar-refractivity contribution >= 4 is 50.5 Å². The third-order valence-electron chi connectivity index (χ3n) is 8.43. The van der Waals surface area contributed by atoms with Gasteiger partial charge < -0.3 is 19.9 Å². The minimum atomic E-state index is -4.02. The number of carboxylic acid groups (broad SMARTS) is 1. The lowest BCUT2D eigenvalue weighted by Crippen LogP contribution is -2.62. The van der Waals surface area contributed by atoms with Crippen molar-refractivity contribution < 1.29 is 32.6 Å². The van der Waals surface area contributed by atoms with E-state index in [1.807, 2.05) is 51.1 Å². The first-order chi connectivity index (χ1) is 24.3.